The summed E-state index contributed by atoms with van der Waals surface area (Å²) < 4.78 is 5.94. The van der Waals surface area contributed by atoms with E-state index in [0.717, 1.165) is 17.4 Å². The number of rotatable bonds is 4. The van der Waals surface area contributed by atoms with Crippen molar-refractivity contribution in [2.75, 3.05) is 19.7 Å². The molecule has 0 rings (SSSR count). The third kappa shape index (κ3) is 4.61. The zero-order valence-corrected chi connectivity index (χ0v) is 8.93. The first kappa shape index (κ1) is 11.2. The van der Waals surface area contributed by atoms with Gasteiger partial charge >= 0.3 is 0 Å². The molecule has 66 valence electrons. The molecule has 2 nitrogen and oxygen atoms in total. The van der Waals surface area contributed by atoms with Gasteiger partial charge in [0.05, 0.1) is 18.6 Å². The molecule has 0 spiro atoms. The van der Waals surface area contributed by atoms with Crippen LogP contribution in [0, 0.1) is 0 Å². The van der Waals surface area contributed by atoms with E-state index in [1.54, 1.807) is 0 Å². The van der Waals surface area contributed by atoms with Gasteiger partial charge in [0, 0.05) is 13.1 Å². The molecule has 0 aliphatic carbocycles. The highest BCUT2D eigenvalue weighted by Gasteiger charge is 2.04. The van der Waals surface area contributed by atoms with E-state index < -0.39 is 0 Å². The Kier molecular flexibility index (Phi) is 7.01. The maximum Gasteiger partial charge on any atom is 0.163 e. The van der Waals surface area contributed by atoms with Gasteiger partial charge in [-0.1, -0.05) is 12.2 Å². The Balaban J connectivity index is 3.61. The Morgan fingerprint density at radius 1 is 1.36 bits per heavy atom. The van der Waals surface area contributed by atoms with Crippen molar-refractivity contribution in [2.45, 2.75) is 20.8 Å². The van der Waals surface area contributed by atoms with Gasteiger partial charge in [0.15, 0.2) is 4.32 Å². The Hall–Kier alpha value is 0.200. The smallest absolute Gasteiger partial charge is 0.163 e. The van der Waals surface area contributed by atoms with Crippen molar-refractivity contribution in [3.05, 3.63) is 0 Å². The zero-order chi connectivity index (χ0) is 8.69. The number of hydrogen-bond donors (Lipinski definition) is 0. The molecule has 0 unspecified atom stereocenters. The summed E-state index contributed by atoms with van der Waals surface area (Å²) in [7, 11) is 0. The Morgan fingerprint density at radius 3 is 2.27 bits per heavy atom. The fourth-order valence-electron chi connectivity index (χ4n) is 0.644. The lowest BCUT2D eigenvalue weighted by Gasteiger charge is -2.19. The fourth-order valence-corrected chi connectivity index (χ4v) is 1.63. The van der Waals surface area contributed by atoms with Crippen molar-refractivity contribution in [1.29, 1.82) is 0 Å². The molecule has 0 aliphatic rings. The first-order valence-corrected chi connectivity index (χ1v) is 4.99. The van der Waals surface area contributed by atoms with Gasteiger partial charge in [-0.15, -0.1) is 0 Å². The van der Waals surface area contributed by atoms with E-state index in [-0.39, 0.29) is 0 Å². The highest BCUT2D eigenvalue weighted by atomic mass is 32.2. The van der Waals surface area contributed by atoms with Crippen molar-refractivity contribution in [2.24, 2.45) is 0 Å². The molecule has 0 N–H and O–H groups in total. The topological polar surface area (TPSA) is 12.5 Å². The SMILES string of the molecule is CCOSC(=S)N(CC)CC. The predicted molar refractivity (Wildman–Crippen MR) is 54.7 cm³/mol. The number of nitrogens with zero attached hydrogens (tertiary/aromatic N) is 1. The molecule has 0 radical (unpaired) electrons. The van der Waals surface area contributed by atoms with E-state index in [2.05, 4.69) is 18.7 Å². The number of thiocarbonyl (C=S) groups is 1. The lowest BCUT2D eigenvalue weighted by atomic mass is 10.6. The molecule has 11 heavy (non-hydrogen) atoms. The average Bonchev–Trinajstić information content (AvgIpc) is 2.03. The van der Waals surface area contributed by atoms with E-state index in [1.807, 2.05) is 6.92 Å². The normalized spacial score (nSPS) is 9.73. The molecule has 0 aromatic rings. The second kappa shape index (κ2) is 6.88. The summed E-state index contributed by atoms with van der Waals surface area (Å²) in [6.07, 6.45) is 0. The van der Waals surface area contributed by atoms with Crippen LogP contribution in [0.15, 0.2) is 0 Å². The predicted octanol–water partition coefficient (Wildman–Crippen LogP) is 2.30. The fraction of sp³-hybridized carbons (Fsp3) is 0.857. The molecule has 0 saturated carbocycles. The van der Waals surface area contributed by atoms with Crippen molar-refractivity contribution in [3.8, 4) is 0 Å². The minimum Gasteiger partial charge on any atom is -0.356 e. The van der Waals surface area contributed by atoms with Crippen LogP contribution in [0.4, 0.5) is 0 Å². The zero-order valence-electron chi connectivity index (χ0n) is 7.29. The molecule has 0 atom stereocenters. The van der Waals surface area contributed by atoms with Gasteiger partial charge in [0.25, 0.3) is 0 Å². The quantitative estimate of drug-likeness (QED) is 0.501. The molecule has 4 heteroatoms. The van der Waals surface area contributed by atoms with Crippen molar-refractivity contribution in [1.82, 2.24) is 4.90 Å². The van der Waals surface area contributed by atoms with E-state index in [0.29, 0.717) is 6.61 Å². The Labute approximate surface area is 78.5 Å². The summed E-state index contributed by atoms with van der Waals surface area (Å²) in [6.45, 7) is 8.74. The third-order valence-corrected chi connectivity index (χ3v) is 2.49. The molecule has 0 fully saturated rings. The second-order valence-corrected chi connectivity index (χ2v) is 3.36. The van der Waals surface area contributed by atoms with Crippen LogP contribution in [0.5, 0.6) is 0 Å². The summed E-state index contributed by atoms with van der Waals surface area (Å²) in [4.78, 5) is 2.09. The van der Waals surface area contributed by atoms with Crippen LogP contribution in [0.1, 0.15) is 20.8 Å². The first-order valence-electron chi connectivity index (χ1n) is 3.84. The molecular formula is C7H15NOS2. The highest BCUT2D eigenvalue weighted by molar-refractivity contribution is 8.19. The lowest BCUT2D eigenvalue weighted by molar-refractivity contribution is 0.402. The van der Waals surface area contributed by atoms with E-state index >= 15 is 0 Å². The van der Waals surface area contributed by atoms with Crippen molar-refractivity contribution < 1.29 is 4.18 Å². The van der Waals surface area contributed by atoms with Gasteiger partial charge in [-0.05, 0) is 20.8 Å². The maximum absolute atomic E-state index is 5.11. The molecule has 0 saturated heterocycles. The lowest BCUT2D eigenvalue weighted by Crippen LogP contribution is -2.26. The summed E-state index contributed by atoms with van der Waals surface area (Å²) in [5.74, 6) is 0. The van der Waals surface area contributed by atoms with Gasteiger partial charge in [0.2, 0.25) is 0 Å². The van der Waals surface area contributed by atoms with Gasteiger partial charge in [-0.2, -0.15) is 0 Å². The van der Waals surface area contributed by atoms with Crippen LogP contribution in [0.3, 0.4) is 0 Å². The van der Waals surface area contributed by atoms with E-state index in [4.69, 9.17) is 16.4 Å². The maximum atomic E-state index is 5.11. The molecular weight excluding hydrogens is 178 g/mol. The van der Waals surface area contributed by atoms with Gasteiger partial charge in [0.1, 0.15) is 0 Å². The Bertz CT molecular complexity index is 115. The molecule has 0 aromatic heterocycles. The van der Waals surface area contributed by atoms with Crippen LogP contribution in [0.2, 0.25) is 0 Å². The highest BCUT2D eigenvalue weighted by Crippen LogP contribution is 2.09. The van der Waals surface area contributed by atoms with Gasteiger partial charge < -0.3 is 9.08 Å². The summed E-state index contributed by atoms with van der Waals surface area (Å²) in [5, 5.41) is 0. The average molecular weight is 193 g/mol. The largest absolute Gasteiger partial charge is 0.356 e. The van der Waals surface area contributed by atoms with Crippen LogP contribution in [0.25, 0.3) is 0 Å². The third-order valence-electron chi connectivity index (χ3n) is 1.27. The van der Waals surface area contributed by atoms with Crippen LogP contribution < -0.4 is 0 Å². The minimum atomic E-state index is 0.700. The summed E-state index contributed by atoms with van der Waals surface area (Å²) in [5.41, 5.74) is 0. The standard InChI is InChI=1S/C7H15NOS2/c1-4-8(5-2)7(10)11-9-6-3/h4-6H2,1-3H3. The summed E-state index contributed by atoms with van der Waals surface area (Å²) in [6, 6.07) is 0. The van der Waals surface area contributed by atoms with Gasteiger partial charge in [-0.25, -0.2) is 0 Å². The molecule has 0 bridgehead atoms. The molecule has 0 heterocycles. The minimum absolute atomic E-state index is 0.700. The second-order valence-electron chi connectivity index (χ2n) is 1.93. The monoisotopic (exact) mass is 193 g/mol. The van der Waals surface area contributed by atoms with Crippen molar-refractivity contribution in [3.63, 3.8) is 0 Å². The summed E-state index contributed by atoms with van der Waals surface area (Å²) >= 11 is 6.39. The molecule has 0 aromatic carbocycles. The molecule has 0 aliphatic heterocycles. The number of hydrogen-bond acceptors (Lipinski definition) is 3. The van der Waals surface area contributed by atoms with Crippen LogP contribution in [-0.2, 0) is 4.18 Å². The van der Waals surface area contributed by atoms with Crippen LogP contribution in [-0.4, -0.2) is 28.9 Å². The van der Waals surface area contributed by atoms with Gasteiger partial charge in [-0.3, -0.25) is 0 Å². The van der Waals surface area contributed by atoms with Crippen molar-refractivity contribution >= 4 is 28.6 Å². The van der Waals surface area contributed by atoms with E-state index in [1.165, 1.54) is 12.0 Å². The first-order chi connectivity index (χ1) is 5.26. The van der Waals surface area contributed by atoms with Crippen LogP contribution >= 0.6 is 24.3 Å². The Morgan fingerprint density at radius 2 is 1.91 bits per heavy atom. The molecule has 0 amide bonds. The van der Waals surface area contributed by atoms with E-state index in [9.17, 15) is 0 Å².